The van der Waals surface area contributed by atoms with Crippen molar-refractivity contribution in [2.75, 3.05) is 6.61 Å². The third-order valence-corrected chi connectivity index (χ3v) is 13.2. The SMILES string of the molecule is CC1(C)CC[C@]2(C)CC[C@]3(C)C(=CC[C@@H]4[C@@]5(C)CC[C@H](O)[C@](C)(CO)[C@H]5CC[C@]43C)[C@H]2C1. The molecule has 0 unspecified atom stereocenters. The maximum atomic E-state index is 10.9. The smallest absolute Gasteiger partial charge is 0.0618 e. The zero-order valence-electron chi connectivity index (χ0n) is 22.1. The van der Waals surface area contributed by atoms with Crippen LogP contribution in [0.4, 0.5) is 0 Å². The molecule has 5 aliphatic carbocycles. The third-order valence-electron chi connectivity index (χ3n) is 13.2. The number of fused-ring (bicyclic) bond motifs is 7. The molecule has 0 bridgehead atoms. The minimum atomic E-state index is -0.361. The summed E-state index contributed by atoms with van der Waals surface area (Å²) in [5.41, 5.74) is 3.28. The van der Waals surface area contributed by atoms with Gasteiger partial charge >= 0.3 is 0 Å². The van der Waals surface area contributed by atoms with Crippen LogP contribution in [-0.4, -0.2) is 22.9 Å². The molecule has 4 saturated carbocycles. The predicted molar refractivity (Wildman–Crippen MR) is 132 cm³/mol. The Morgan fingerprint density at radius 3 is 2.22 bits per heavy atom. The molecule has 9 atom stereocenters. The van der Waals surface area contributed by atoms with E-state index in [0.717, 1.165) is 25.2 Å². The van der Waals surface area contributed by atoms with Crippen LogP contribution in [0.1, 0.15) is 113 Å². The van der Waals surface area contributed by atoms with Crippen LogP contribution in [-0.2, 0) is 0 Å². The summed E-state index contributed by atoms with van der Waals surface area (Å²) in [6.45, 7) is 17.7. The van der Waals surface area contributed by atoms with Crippen LogP contribution >= 0.6 is 0 Å². The Hall–Kier alpha value is -0.340. The van der Waals surface area contributed by atoms with E-state index in [0.29, 0.717) is 33.5 Å². The monoisotopic (exact) mass is 442 g/mol. The quantitative estimate of drug-likeness (QED) is 0.424. The lowest BCUT2D eigenvalue weighted by Gasteiger charge is -2.71. The fourth-order valence-corrected chi connectivity index (χ4v) is 10.5. The fourth-order valence-electron chi connectivity index (χ4n) is 10.5. The molecule has 2 heteroatoms. The van der Waals surface area contributed by atoms with Crippen molar-refractivity contribution in [2.24, 2.45) is 50.2 Å². The summed E-state index contributed by atoms with van der Waals surface area (Å²) in [5, 5.41) is 21.3. The van der Waals surface area contributed by atoms with Crippen molar-refractivity contribution < 1.29 is 10.2 Å². The van der Waals surface area contributed by atoms with Gasteiger partial charge in [0.15, 0.2) is 0 Å². The predicted octanol–water partition coefficient (Wildman–Crippen LogP) is 7.14. The molecule has 0 aromatic carbocycles. The summed E-state index contributed by atoms with van der Waals surface area (Å²) >= 11 is 0. The van der Waals surface area contributed by atoms with Gasteiger partial charge in [-0.1, -0.05) is 60.1 Å². The summed E-state index contributed by atoms with van der Waals surface area (Å²) in [5.74, 6) is 1.83. The second-order valence-corrected chi connectivity index (χ2v) is 15.1. The van der Waals surface area contributed by atoms with Gasteiger partial charge in [-0.15, -0.1) is 0 Å². The molecule has 0 saturated heterocycles. The van der Waals surface area contributed by atoms with E-state index in [9.17, 15) is 10.2 Å². The van der Waals surface area contributed by atoms with E-state index < -0.39 is 0 Å². The molecular formula is C30H50O2. The molecule has 0 aliphatic heterocycles. The van der Waals surface area contributed by atoms with E-state index in [-0.39, 0.29) is 23.5 Å². The largest absolute Gasteiger partial charge is 0.396 e. The van der Waals surface area contributed by atoms with Crippen LogP contribution in [0.3, 0.4) is 0 Å². The maximum Gasteiger partial charge on any atom is 0.0618 e. The van der Waals surface area contributed by atoms with Crippen LogP contribution in [0.15, 0.2) is 11.6 Å². The Balaban J connectivity index is 1.57. The topological polar surface area (TPSA) is 40.5 Å². The number of aliphatic hydroxyl groups is 2. The van der Waals surface area contributed by atoms with E-state index in [1.165, 1.54) is 44.9 Å². The van der Waals surface area contributed by atoms with Gasteiger partial charge in [-0.2, -0.15) is 0 Å². The molecule has 0 aromatic rings. The molecule has 0 spiro atoms. The van der Waals surface area contributed by atoms with Crippen LogP contribution in [0, 0.1) is 50.2 Å². The highest BCUT2D eigenvalue weighted by atomic mass is 16.3. The molecule has 2 nitrogen and oxygen atoms in total. The van der Waals surface area contributed by atoms with Gasteiger partial charge in [0.1, 0.15) is 0 Å². The standard InChI is InChI=1S/C30H50O2/c1-25(2)14-15-26(3)16-17-29(6)20(21(26)18-25)8-9-23-27(4)12-11-24(32)28(5,19-31)22(27)10-13-30(23,29)7/h8,21-24,31-32H,9-19H2,1-7H3/t21-,22+,23-,24+,26-,27+,28-,29-,30-/m1/s1. The van der Waals surface area contributed by atoms with E-state index in [1.807, 2.05) is 5.57 Å². The molecule has 5 rings (SSSR count). The zero-order chi connectivity index (χ0) is 23.4. The molecule has 0 amide bonds. The van der Waals surface area contributed by atoms with Crippen LogP contribution in [0.5, 0.6) is 0 Å². The Morgan fingerprint density at radius 1 is 0.844 bits per heavy atom. The molecule has 0 radical (unpaired) electrons. The summed E-state index contributed by atoms with van der Waals surface area (Å²) < 4.78 is 0. The van der Waals surface area contributed by atoms with Gasteiger partial charge in [-0.3, -0.25) is 0 Å². The first-order valence-electron chi connectivity index (χ1n) is 13.8. The first-order valence-corrected chi connectivity index (χ1v) is 13.8. The Bertz CT molecular complexity index is 814. The highest BCUT2D eigenvalue weighted by Crippen LogP contribution is 2.75. The average Bonchev–Trinajstić information content (AvgIpc) is 2.73. The average molecular weight is 443 g/mol. The van der Waals surface area contributed by atoms with Crippen LogP contribution in [0.2, 0.25) is 0 Å². The van der Waals surface area contributed by atoms with Gasteiger partial charge in [-0.25, -0.2) is 0 Å². The van der Waals surface area contributed by atoms with Crippen molar-refractivity contribution in [1.29, 1.82) is 0 Å². The second-order valence-electron chi connectivity index (χ2n) is 15.1. The summed E-state index contributed by atoms with van der Waals surface area (Å²) in [4.78, 5) is 0. The minimum Gasteiger partial charge on any atom is -0.396 e. The van der Waals surface area contributed by atoms with Crippen molar-refractivity contribution in [3.63, 3.8) is 0 Å². The zero-order valence-corrected chi connectivity index (χ0v) is 22.1. The molecule has 0 heterocycles. The number of allylic oxidation sites excluding steroid dienone is 2. The molecule has 182 valence electrons. The highest BCUT2D eigenvalue weighted by Gasteiger charge is 2.68. The molecule has 5 aliphatic rings. The number of hydrogen-bond acceptors (Lipinski definition) is 2. The van der Waals surface area contributed by atoms with Gasteiger partial charge in [-0.05, 0) is 109 Å². The molecular weight excluding hydrogens is 392 g/mol. The fraction of sp³-hybridized carbons (Fsp3) is 0.933. The van der Waals surface area contributed by atoms with E-state index >= 15 is 0 Å². The lowest BCUT2D eigenvalue weighted by molar-refractivity contribution is -0.215. The van der Waals surface area contributed by atoms with Gasteiger partial charge in [0.05, 0.1) is 12.7 Å². The second kappa shape index (κ2) is 6.87. The van der Waals surface area contributed by atoms with Crippen molar-refractivity contribution >= 4 is 0 Å². The number of rotatable bonds is 1. The van der Waals surface area contributed by atoms with E-state index in [2.05, 4.69) is 54.5 Å². The highest BCUT2D eigenvalue weighted by molar-refractivity contribution is 5.33. The lowest BCUT2D eigenvalue weighted by atomic mass is 9.33. The number of aliphatic hydroxyl groups excluding tert-OH is 2. The molecule has 32 heavy (non-hydrogen) atoms. The third kappa shape index (κ3) is 2.78. The molecule has 2 N–H and O–H groups in total. The molecule has 0 aromatic heterocycles. The lowest BCUT2D eigenvalue weighted by Crippen LogP contribution is -2.65. The van der Waals surface area contributed by atoms with E-state index in [1.54, 1.807) is 0 Å². The normalized spacial score (nSPS) is 56.8. The minimum absolute atomic E-state index is 0.117. The van der Waals surface area contributed by atoms with Gasteiger partial charge < -0.3 is 10.2 Å². The van der Waals surface area contributed by atoms with Gasteiger partial charge in [0.2, 0.25) is 0 Å². The molecule has 4 fully saturated rings. The number of hydrogen-bond donors (Lipinski definition) is 2. The van der Waals surface area contributed by atoms with E-state index in [4.69, 9.17) is 0 Å². The van der Waals surface area contributed by atoms with Gasteiger partial charge in [0.25, 0.3) is 0 Å². The van der Waals surface area contributed by atoms with Crippen molar-refractivity contribution in [3.8, 4) is 0 Å². The summed E-state index contributed by atoms with van der Waals surface area (Å²) in [6, 6.07) is 0. The summed E-state index contributed by atoms with van der Waals surface area (Å²) in [7, 11) is 0. The summed E-state index contributed by atoms with van der Waals surface area (Å²) in [6.07, 6.45) is 14.8. The first kappa shape index (κ1) is 23.4. The van der Waals surface area contributed by atoms with Crippen molar-refractivity contribution in [2.45, 2.75) is 119 Å². The Labute approximate surface area is 197 Å². The van der Waals surface area contributed by atoms with Gasteiger partial charge in [0, 0.05) is 5.41 Å². The maximum absolute atomic E-state index is 10.9. The van der Waals surface area contributed by atoms with Crippen molar-refractivity contribution in [1.82, 2.24) is 0 Å². The van der Waals surface area contributed by atoms with Crippen LogP contribution < -0.4 is 0 Å². The Kier molecular flexibility index (Phi) is 5.02. The first-order chi connectivity index (χ1) is 14.8. The van der Waals surface area contributed by atoms with Crippen molar-refractivity contribution in [3.05, 3.63) is 11.6 Å². The van der Waals surface area contributed by atoms with Crippen LogP contribution in [0.25, 0.3) is 0 Å². The Morgan fingerprint density at radius 2 is 1.53 bits per heavy atom.